The Bertz CT molecular complexity index is 542. The minimum absolute atomic E-state index is 0.0168. The highest BCUT2D eigenvalue weighted by Gasteiger charge is 2.23. The molecule has 0 aliphatic rings. The van der Waals surface area contributed by atoms with E-state index in [1.54, 1.807) is 13.0 Å². The molecule has 4 N–H and O–H groups in total. The summed E-state index contributed by atoms with van der Waals surface area (Å²) in [6.07, 6.45) is -1.17. The molecule has 0 saturated carbocycles. The number of nitrogen functional groups attached to an aromatic ring is 1. The van der Waals surface area contributed by atoms with Crippen molar-refractivity contribution in [2.24, 2.45) is 0 Å². The number of imide groups is 1. The fourth-order valence-corrected chi connectivity index (χ4v) is 1.71. The zero-order chi connectivity index (χ0) is 16.0. The van der Waals surface area contributed by atoms with Crippen LogP contribution in [0.1, 0.15) is 24.2 Å². The van der Waals surface area contributed by atoms with Crippen molar-refractivity contribution in [2.75, 3.05) is 12.3 Å². The van der Waals surface area contributed by atoms with Crippen molar-refractivity contribution in [1.29, 1.82) is 0 Å². The maximum absolute atomic E-state index is 11.9. The molecule has 1 aromatic carbocycles. The van der Waals surface area contributed by atoms with Crippen LogP contribution in [0.3, 0.4) is 0 Å². The summed E-state index contributed by atoms with van der Waals surface area (Å²) in [6, 6.07) is 3.89. The standard InChI is InChI=1S/C13H16ClN3O4/c1-3-16-13(20)17-11(18)7(2)21-12(19)10-8(14)5-4-6-9(10)15/h4-7H,3,15H2,1-2H3,(H2,16,17,18,20). The minimum atomic E-state index is -1.17. The van der Waals surface area contributed by atoms with Gasteiger partial charge in [-0.2, -0.15) is 0 Å². The van der Waals surface area contributed by atoms with Gasteiger partial charge in [-0.1, -0.05) is 17.7 Å². The number of urea groups is 1. The van der Waals surface area contributed by atoms with E-state index in [0.717, 1.165) is 0 Å². The van der Waals surface area contributed by atoms with Gasteiger partial charge in [0.25, 0.3) is 5.91 Å². The maximum Gasteiger partial charge on any atom is 0.342 e. The third-order valence-corrected chi connectivity index (χ3v) is 2.79. The predicted molar refractivity (Wildman–Crippen MR) is 78.0 cm³/mol. The Morgan fingerprint density at radius 1 is 1.38 bits per heavy atom. The first-order chi connectivity index (χ1) is 9.86. The van der Waals surface area contributed by atoms with Crippen molar-refractivity contribution >= 4 is 35.2 Å². The van der Waals surface area contributed by atoms with Gasteiger partial charge in [0.1, 0.15) is 5.56 Å². The van der Waals surface area contributed by atoms with E-state index in [2.05, 4.69) is 5.32 Å². The van der Waals surface area contributed by atoms with E-state index < -0.39 is 24.0 Å². The van der Waals surface area contributed by atoms with E-state index in [1.165, 1.54) is 19.1 Å². The molecule has 1 rings (SSSR count). The fraction of sp³-hybridized carbons (Fsp3) is 0.308. The van der Waals surface area contributed by atoms with Crippen LogP contribution in [0.15, 0.2) is 18.2 Å². The summed E-state index contributed by atoms with van der Waals surface area (Å²) in [7, 11) is 0. The van der Waals surface area contributed by atoms with E-state index in [0.29, 0.717) is 6.54 Å². The van der Waals surface area contributed by atoms with E-state index in [1.807, 2.05) is 5.32 Å². The Labute approximate surface area is 126 Å². The van der Waals surface area contributed by atoms with Crippen LogP contribution in [-0.2, 0) is 9.53 Å². The quantitative estimate of drug-likeness (QED) is 0.573. The van der Waals surface area contributed by atoms with Crippen LogP contribution in [-0.4, -0.2) is 30.6 Å². The number of hydrogen-bond acceptors (Lipinski definition) is 5. The predicted octanol–water partition coefficient (Wildman–Crippen LogP) is 1.31. The SMILES string of the molecule is CCNC(=O)NC(=O)C(C)OC(=O)c1c(N)cccc1Cl. The number of hydrogen-bond donors (Lipinski definition) is 3. The molecule has 3 amide bonds. The molecule has 0 aromatic heterocycles. The Hall–Kier alpha value is -2.28. The number of rotatable bonds is 4. The summed E-state index contributed by atoms with van der Waals surface area (Å²) < 4.78 is 4.94. The lowest BCUT2D eigenvalue weighted by Gasteiger charge is -2.14. The molecule has 1 atom stereocenters. The van der Waals surface area contributed by atoms with Crippen LogP contribution in [0.2, 0.25) is 5.02 Å². The van der Waals surface area contributed by atoms with Gasteiger partial charge >= 0.3 is 12.0 Å². The molecule has 1 unspecified atom stereocenters. The molecule has 0 radical (unpaired) electrons. The van der Waals surface area contributed by atoms with Crippen molar-refractivity contribution < 1.29 is 19.1 Å². The van der Waals surface area contributed by atoms with Gasteiger partial charge in [-0.25, -0.2) is 9.59 Å². The highest BCUT2D eigenvalue weighted by molar-refractivity contribution is 6.34. The van der Waals surface area contributed by atoms with Gasteiger partial charge in [-0.05, 0) is 26.0 Å². The Balaban J connectivity index is 2.70. The molecule has 0 aliphatic heterocycles. The molecular formula is C13H16ClN3O4. The molecule has 114 valence electrons. The van der Waals surface area contributed by atoms with E-state index in [-0.39, 0.29) is 16.3 Å². The largest absolute Gasteiger partial charge is 0.449 e. The van der Waals surface area contributed by atoms with Crippen LogP contribution in [0.5, 0.6) is 0 Å². The molecule has 0 saturated heterocycles. The lowest BCUT2D eigenvalue weighted by atomic mass is 10.2. The number of amides is 3. The molecule has 0 fully saturated rings. The average molecular weight is 314 g/mol. The number of anilines is 1. The van der Waals surface area contributed by atoms with Gasteiger partial charge in [-0.3, -0.25) is 10.1 Å². The number of carbonyl (C=O) groups is 3. The van der Waals surface area contributed by atoms with Gasteiger partial charge in [0.05, 0.1) is 5.02 Å². The summed E-state index contributed by atoms with van der Waals surface area (Å²) >= 11 is 5.87. The van der Waals surface area contributed by atoms with E-state index in [4.69, 9.17) is 22.1 Å². The molecule has 7 nitrogen and oxygen atoms in total. The second-order valence-electron chi connectivity index (χ2n) is 4.10. The highest BCUT2D eigenvalue weighted by atomic mass is 35.5. The highest BCUT2D eigenvalue weighted by Crippen LogP contribution is 2.23. The van der Waals surface area contributed by atoms with E-state index in [9.17, 15) is 14.4 Å². The molecule has 0 aliphatic carbocycles. The Kier molecular flexibility index (Phi) is 5.98. The molecular weight excluding hydrogens is 298 g/mol. The molecule has 0 spiro atoms. The minimum Gasteiger partial charge on any atom is -0.449 e. The van der Waals surface area contributed by atoms with Gasteiger partial charge < -0.3 is 15.8 Å². The van der Waals surface area contributed by atoms with Crippen molar-refractivity contribution in [3.05, 3.63) is 28.8 Å². The number of ether oxygens (including phenoxy) is 1. The van der Waals surface area contributed by atoms with Crippen LogP contribution in [0.25, 0.3) is 0 Å². The lowest BCUT2D eigenvalue weighted by molar-refractivity contribution is -0.127. The summed E-state index contributed by atoms with van der Waals surface area (Å²) in [4.78, 5) is 34.8. The zero-order valence-electron chi connectivity index (χ0n) is 11.6. The smallest absolute Gasteiger partial charge is 0.342 e. The number of nitrogens with two attached hydrogens (primary N) is 1. The molecule has 8 heteroatoms. The van der Waals surface area contributed by atoms with Crippen LogP contribution >= 0.6 is 11.6 Å². The van der Waals surface area contributed by atoms with Crippen LogP contribution in [0, 0.1) is 0 Å². The summed E-state index contributed by atoms with van der Waals surface area (Å²) in [5, 5.41) is 4.54. The van der Waals surface area contributed by atoms with Crippen molar-refractivity contribution in [3.8, 4) is 0 Å². The summed E-state index contributed by atoms with van der Waals surface area (Å²) in [5.41, 5.74) is 5.77. The topological polar surface area (TPSA) is 111 Å². The first-order valence-electron chi connectivity index (χ1n) is 6.20. The van der Waals surface area contributed by atoms with Crippen LogP contribution < -0.4 is 16.4 Å². The zero-order valence-corrected chi connectivity index (χ0v) is 12.4. The normalized spacial score (nSPS) is 11.4. The second-order valence-corrected chi connectivity index (χ2v) is 4.51. The third kappa shape index (κ3) is 4.64. The first kappa shape index (κ1) is 16.8. The molecule has 0 bridgehead atoms. The first-order valence-corrected chi connectivity index (χ1v) is 6.58. The molecule has 1 aromatic rings. The number of halogens is 1. The molecule has 21 heavy (non-hydrogen) atoms. The Morgan fingerprint density at radius 3 is 2.62 bits per heavy atom. The lowest BCUT2D eigenvalue weighted by Crippen LogP contribution is -2.44. The van der Waals surface area contributed by atoms with Crippen molar-refractivity contribution in [1.82, 2.24) is 10.6 Å². The van der Waals surface area contributed by atoms with Gasteiger partial charge in [0.2, 0.25) is 0 Å². The third-order valence-electron chi connectivity index (χ3n) is 2.48. The van der Waals surface area contributed by atoms with Gasteiger partial charge in [0.15, 0.2) is 6.10 Å². The fourth-order valence-electron chi connectivity index (χ4n) is 1.45. The number of nitrogens with one attached hydrogen (secondary N) is 2. The number of benzene rings is 1. The summed E-state index contributed by atoms with van der Waals surface area (Å²) in [5.74, 6) is -1.59. The monoisotopic (exact) mass is 313 g/mol. The molecule has 0 heterocycles. The van der Waals surface area contributed by atoms with Gasteiger partial charge in [-0.15, -0.1) is 0 Å². The number of esters is 1. The average Bonchev–Trinajstić information content (AvgIpc) is 2.38. The second kappa shape index (κ2) is 7.49. The van der Waals surface area contributed by atoms with E-state index >= 15 is 0 Å². The Morgan fingerprint density at radius 2 is 2.05 bits per heavy atom. The summed E-state index contributed by atoms with van der Waals surface area (Å²) in [6.45, 7) is 3.40. The van der Waals surface area contributed by atoms with Crippen molar-refractivity contribution in [3.63, 3.8) is 0 Å². The van der Waals surface area contributed by atoms with Gasteiger partial charge in [0, 0.05) is 12.2 Å². The number of carbonyl (C=O) groups excluding carboxylic acids is 3. The van der Waals surface area contributed by atoms with Crippen LogP contribution in [0.4, 0.5) is 10.5 Å². The maximum atomic E-state index is 11.9. The van der Waals surface area contributed by atoms with Crippen molar-refractivity contribution in [2.45, 2.75) is 20.0 Å².